The number of nitrogens with one attached hydrogen (secondary N) is 2. The number of rotatable bonds is 7. The van der Waals surface area contributed by atoms with Crippen molar-refractivity contribution in [1.29, 1.82) is 0 Å². The summed E-state index contributed by atoms with van der Waals surface area (Å²) in [5.41, 5.74) is 2.92. The molecule has 1 aromatic carbocycles. The van der Waals surface area contributed by atoms with E-state index < -0.39 is 6.10 Å². The van der Waals surface area contributed by atoms with Gasteiger partial charge >= 0.3 is 0 Å². The van der Waals surface area contributed by atoms with E-state index in [1.54, 1.807) is 13.2 Å². The number of hydrogen-bond donors (Lipinski definition) is 3. The van der Waals surface area contributed by atoms with E-state index in [0.717, 1.165) is 35.5 Å². The van der Waals surface area contributed by atoms with Gasteiger partial charge in [0.25, 0.3) is 0 Å². The number of carbonyl (C=O) groups excluding carboxylic acids is 1. The summed E-state index contributed by atoms with van der Waals surface area (Å²) in [6.07, 6.45) is 5.88. The summed E-state index contributed by atoms with van der Waals surface area (Å²) in [7, 11) is 1.65. The molecule has 0 aliphatic carbocycles. The molecule has 0 radical (unpaired) electrons. The van der Waals surface area contributed by atoms with E-state index in [-0.39, 0.29) is 29.7 Å². The first-order valence-corrected chi connectivity index (χ1v) is 10.6. The summed E-state index contributed by atoms with van der Waals surface area (Å²) in [4.78, 5) is 15.0. The van der Waals surface area contributed by atoms with Crippen LogP contribution in [0.5, 0.6) is 5.75 Å². The Kier molecular flexibility index (Phi) is 5.97. The van der Waals surface area contributed by atoms with Crippen molar-refractivity contribution in [2.24, 2.45) is 17.8 Å². The van der Waals surface area contributed by atoms with Crippen molar-refractivity contribution < 1.29 is 14.6 Å². The largest absolute Gasteiger partial charge is 0.497 e. The number of fused-ring (bicyclic) bond motifs is 4. The minimum atomic E-state index is -0.622. The van der Waals surface area contributed by atoms with Gasteiger partial charge in [-0.2, -0.15) is 0 Å². The van der Waals surface area contributed by atoms with E-state index in [2.05, 4.69) is 34.8 Å². The third-order valence-corrected chi connectivity index (χ3v) is 6.82. The van der Waals surface area contributed by atoms with Crippen molar-refractivity contribution in [2.75, 3.05) is 38.6 Å². The maximum absolute atomic E-state index is 12.7. The fourth-order valence-corrected chi connectivity index (χ4v) is 5.28. The molecule has 1 aromatic rings. The zero-order valence-corrected chi connectivity index (χ0v) is 17.5. The van der Waals surface area contributed by atoms with Crippen LogP contribution in [0.15, 0.2) is 49.6 Å². The fourth-order valence-electron chi connectivity index (χ4n) is 5.28. The summed E-state index contributed by atoms with van der Waals surface area (Å²) in [5, 5.41) is 17.8. The first-order valence-electron chi connectivity index (χ1n) is 10.6. The number of methoxy groups -OCH3 is 1. The first-order chi connectivity index (χ1) is 14.6. The van der Waals surface area contributed by atoms with Crippen LogP contribution in [0.4, 0.5) is 5.69 Å². The number of anilines is 1. The number of benzene rings is 1. The molecule has 5 rings (SSSR count). The molecule has 6 nitrogen and oxygen atoms in total. The maximum atomic E-state index is 12.7. The Balaban J connectivity index is 1.56. The first kappa shape index (κ1) is 20.7. The maximum Gasteiger partial charge on any atom is 0.224 e. The number of aliphatic hydroxyl groups excluding tert-OH is 1. The van der Waals surface area contributed by atoms with Crippen LogP contribution in [0.25, 0.3) is 5.57 Å². The lowest BCUT2D eigenvalue weighted by Gasteiger charge is -2.54. The molecule has 0 spiro atoms. The summed E-state index contributed by atoms with van der Waals surface area (Å²) in [6, 6.07) is 5.88. The van der Waals surface area contributed by atoms with E-state index in [0.29, 0.717) is 19.6 Å². The lowest BCUT2D eigenvalue weighted by atomic mass is 9.67. The second-order valence-electron chi connectivity index (χ2n) is 8.36. The number of aliphatic hydroxyl groups is 1. The third kappa shape index (κ3) is 3.66. The van der Waals surface area contributed by atoms with Gasteiger partial charge in [0, 0.05) is 43.5 Å². The van der Waals surface area contributed by atoms with Crippen molar-refractivity contribution >= 4 is 17.2 Å². The van der Waals surface area contributed by atoms with Crippen molar-refractivity contribution in [2.45, 2.75) is 18.6 Å². The molecule has 0 saturated carbocycles. The van der Waals surface area contributed by atoms with Crippen LogP contribution in [0.2, 0.25) is 0 Å². The summed E-state index contributed by atoms with van der Waals surface area (Å²) >= 11 is 0. The number of piperidine rings is 3. The zero-order chi connectivity index (χ0) is 21.3. The van der Waals surface area contributed by atoms with Crippen molar-refractivity contribution in [3.05, 3.63) is 55.1 Å². The molecule has 1 amide bonds. The van der Waals surface area contributed by atoms with Gasteiger partial charge in [0.2, 0.25) is 5.91 Å². The van der Waals surface area contributed by atoms with Crippen LogP contribution >= 0.6 is 0 Å². The molecule has 160 valence electrons. The molecule has 4 aliphatic rings. The predicted molar refractivity (Wildman–Crippen MR) is 119 cm³/mol. The molecular formula is C24H31N3O3. The molecule has 3 saturated heterocycles. The van der Waals surface area contributed by atoms with Crippen LogP contribution in [-0.4, -0.2) is 61.3 Å². The van der Waals surface area contributed by atoms with Gasteiger partial charge in [0.1, 0.15) is 5.75 Å². The number of ether oxygens (including phenoxy) is 1. The molecule has 3 N–H and O–H groups in total. The molecule has 4 aliphatic heterocycles. The predicted octanol–water partition coefficient (Wildman–Crippen LogP) is 2.29. The highest BCUT2D eigenvalue weighted by molar-refractivity contribution is 5.83. The van der Waals surface area contributed by atoms with Crippen LogP contribution in [0.3, 0.4) is 0 Å². The van der Waals surface area contributed by atoms with Gasteiger partial charge in [-0.05, 0) is 42.0 Å². The van der Waals surface area contributed by atoms with Gasteiger partial charge in [0.15, 0.2) is 0 Å². The second kappa shape index (κ2) is 8.66. The Morgan fingerprint density at radius 3 is 2.97 bits per heavy atom. The molecule has 6 heteroatoms. The summed E-state index contributed by atoms with van der Waals surface area (Å²) in [6.45, 7) is 10.3. The minimum absolute atomic E-state index is 0.0157. The second-order valence-corrected chi connectivity index (χ2v) is 8.36. The van der Waals surface area contributed by atoms with Crippen LogP contribution in [0, 0.1) is 17.8 Å². The lowest BCUT2D eigenvalue weighted by Crippen LogP contribution is -2.63. The standard InChI is InChI=1S/C24H31N3O3/c1-4-9-26-24(29)20-14-27-13-15(5-2)18(20)12-22(27)23(28)17-8-10-25-21-7-6-16(30-3)11-19(17)21/h4-8,11,15,18,20,22-23,25,28H,1-2,9-10,12-14H2,3H3,(H,26,29)/t15-,18?,20?,22-,23+/m0/s1. The molecular weight excluding hydrogens is 378 g/mol. The molecule has 3 unspecified atom stereocenters. The van der Waals surface area contributed by atoms with E-state index in [9.17, 15) is 9.90 Å². The smallest absolute Gasteiger partial charge is 0.224 e. The average Bonchev–Trinajstić information content (AvgIpc) is 2.80. The van der Waals surface area contributed by atoms with Crippen molar-refractivity contribution in [3.8, 4) is 5.75 Å². The highest BCUT2D eigenvalue weighted by atomic mass is 16.5. The quantitative estimate of drug-likeness (QED) is 0.603. The van der Waals surface area contributed by atoms with E-state index in [1.807, 2.05) is 24.3 Å². The summed E-state index contributed by atoms with van der Waals surface area (Å²) < 4.78 is 5.39. The molecule has 3 fully saturated rings. The molecule has 2 bridgehead atoms. The number of hydrogen-bond acceptors (Lipinski definition) is 5. The van der Waals surface area contributed by atoms with Gasteiger partial charge in [-0.1, -0.05) is 18.2 Å². The number of carbonyl (C=O) groups is 1. The van der Waals surface area contributed by atoms with E-state index in [1.165, 1.54) is 0 Å². The van der Waals surface area contributed by atoms with Crippen molar-refractivity contribution in [1.82, 2.24) is 10.2 Å². The number of nitrogens with zero attached hydrogens (tertiary/aromatic N) is 1. The normalized spacial score (nSPS) is 30.3. The van der Waals surface area contributed by atoms with Crippen LogP contribution < -0.4 is 15.4 Å². The Bertz CT molecular complexity index is 865. The van der Waals surface area contributed by atoms with Gasteiger partial charge < -0.3 is 20.5 Å². The van der Waals surface area contributed by atoms with Crippen molar-refractivity contribution in [3.63, 3.8) is 0 Å². The van der Waals surface area contributed by atoms with Gasteiger partial charge in [-0.15, -0.1) is 13.2 Å². The molecule has 6 atom stereocenters. The van der Waals surface area contributed by atoms with Gasteiger partial charge in [0.05, 0.1) is 19.1 Å². The van der Waals surface area contributed by atoms with Crippen LogP contribution in [0.1, 0.15) is 12.0 Å². The molecule has 4 heterocycles. The fraction of sp³-hybridized carbons (Fsp3) is 0.458. The molecule has 0 aromatic heterocycles. The lowest BCUT2D eigenvalue weighted by molar-refractivity contribution is -0.137. The highest BCUT2D eigenvalue weighted by Crippen LogP contribution is 2.44. The Morgan fingerprint density at radius 2 is 2.27 bits per heavy atom. The Labute approximate surface area is 178 Å². The van der Waals surface area contributed by atoms with E-state index in [4.69, 9.17) is 4.74 Å². The average molecular weight is 410 g/mol. The van der Waals surface area contributed by atoms with Gasteiger partial charge in [-0.3, -0.25) is 9.69 Å². The molecule has 30 heavy (non-hydrogen) atoms. The highest BCUT2D eigenvalue weighted by Gasteiger charge is 2.49. The Morgan fingerprint density at radius 1 is 1.43 bits per heavy atom. The summed E-state index contributed by atoms with van der Waals surface area (Å²) in [5.74, 6) is 1.20. The van der Waals surface area contributed by atoms with E-state index >= 15 is 0 Å². The van der Waals surface area contributed by atoms with Crippen LogP contribution in [-0.2, 0) is 4.79 Å². The third-order valence-electron chi connectivity index (χ3n) is 6.82. The Hall–Kier alpha value is -2.57. The monoisotopic (exact) mass is 409 g/mol. The number of amides is 1. The minimum Gasteiger partial charge on any atom is -0.497 e. The topological polar surface area (TPSA) is 73.8 Å². The SMILES string of the molecule is C=CCNC(=O)C1CN2C[C@H](C=C)C1C[C@H]2[C@H](O)C1=CCNc2ccc(OC)cc21. The zero-order valence-electron chi connectivity index (χ0n) is 17.5. The van der Waals surface area contributed by atoms with Gasteiger partial charge in [-0.25, -0.2) is 0 Å².